The third-order valence-corrected chi connectivity index (χ3v) is 3.37. The fourth-order valence-corrected chi connectivity index (χ4v) is 2.12. The summed E-state index contributed by atoms with van der Waals surface area (Å²) in [6, 6.07) is 13.5. The van der Waals surface area contributed by atoms with Crippen LogP contribution in [0.3, 0.4) is 0 Å². The van der Waals surface area contributed by atoms with Gasteiger partial charge < -0.3 is 19.5 Å². The quantitative estimate of drug-likeness (QED) is 0.576. The normalized spacial score (nSPS) is 10.0. The molecule has 0 aliphatic rings. The van der Waals surface area contributed by atoms with Crippen molar-refractivity contribution in [1.82, 2.24) is 5.32 Å². The van der Waals surface area contributed by atoms with E-state index in [2.05, 4.69) is 5.32 Å². The van der Waals surface area contributed by atoms with Crippen LogP contribution in [-0.2, 0) is 9.53 Å². The Morgan fingerprint density at radius 3 is 2.56 bits per heavy atom. The second-order valence-electron chi connectivity index (χ2n) is 4.94. The molecule has 0 fully saturated rings. The molecule has 1 N–H and O–H groups in total. The summed E-state index contributed by atoms with van der Waals surface area (Å²) in [5.41, 5.74) is 0.399. The molecule has 0 bridgehead atoms. The first-order valence-corrected chi connectivity index (χ1v) is 7.92. The predicted octanol–water partition coefficient (Wildman–Crippen LogP) is 2.70. The van der Waals surface area contributed by atoms with E-state index in [1.807, 2.05) is 0 Å². The SMILES string of the molecule is COc1cccc(C(=O)NCC(=O)OCCOc2cccc(Cl)c2)c1. The number of hydrogen-bond donors (Lipinski definition) is 1. The van der Waals surface area contributed by atoms with Crippen molar-refractivity contribution in [3.63, 3.8) is 0 Å². The number of carbonyl (C=O) groups excluding carboxylic acids is 2. The van der Waals surface area contributed by atoms with Crippen LogP contribution in [-0.4, -0.2) is 38.7 Å². The van der Waals surface area contributed by atoms with E-state index < -0.39 is 5.97 Å². The number of rotatable bonds is 8. The minimum atomic E-state index is -0.550. The van der Waals surface area contributed by atoms with Crippen molar-refractivity contribution in [1.29, 1.82) is 0 Å². The third kappa shape index (κ3) is 6.35. The van der Waals surface area contributed by atoms with E-state index in [9.17, 15) is 9.59 Å². The highest BCUT2D eigenvalue weighted by molar-refractivity contribution is 6.30. The Bertz CT molecular complexity index is 735. The van der Waals surface area contributed by atoms with Crippen LogP contribution in [0.1, 0.15) is 10.4 Å². The molecular formula is C18H18ClNO5. The first-order valence-electron chi connectivity index (χ1n) is 7.55. The van der Waals surface area contributed by atoms with Crippen LogP contribution >= 0.6 is 11.6 Å². The maximum atomic E-state index is 12.0. The van der Waals surface area contributed by atoms with Gasteiger partial charge in [-0.3, -0.25) is 9.59 Å². The molecule has 25 heavy (non-hydrogen) atoms. The lowest BCUT2D eigenvalue weighted by Crippen LogP contribution is -2.31. The van der Waals surface area contributed by atoms with Crippen molar-refractivity contribution >= 4 is 23.5 Å². The molecule has 2 rings (SSSR count). The van der Waals surface area contributed by atoms with E-state index in [1.54, 1.807) is 48.5 Å². The van der Waals surface area contributed by atoms with Crippen molar-refractivity contribution in [2.75, 3.05) is 26.9 Å². The van der Waals surface area contributed by atoms with Crippen LogP contribution < -0.4 is 14.8 Å². The van der Waals surface area contributed by atoms with Crippen LogP contribution in [0.4, 0.5) is 0 Å². The van der Waals surface area contributed by atoms with Crippen molar-refractivity contribution in [2.45, 2.75) is 0 Å². The lowest BCUT2D eigenvalue weighted by Gasteiger charge is -2.09. The minimum Gasteiger partial charge on any atom is -0.497 e. The standard InChI is InChI=1S/C18H18ClNO5/c1-23-15-6-2-4-13(10-15)18(22)20-12-17(21)25-9-8-24-16-7-3-5-14(19)11-16/h2-7,10-11H,8-9,12H2,1H3,(H,20,22). The number of ether oxygens (including phenoxy) is 3. The summed E-state index contributed by atoms with van der Waals surface area (Å²) in [6.45, 7) is 0.0312. The van der Waals surface area contributed by atoms with Gasteiger partial charge in [-0.05, 0) is 36.4 Å². The number of hydrogen-bond acceptors (Lipinski definition) is 5. The van der Waals surface area contributed by atoms with Crippen LogP contribution in [0.15, 0.2) is 48.5 Å². The van der Waals surface area contributed by atoms with E-state index in [4.69, 9.17) is 25.8 Å². The van der Waals surface area contributed by atoms with Gasteiger partial charge in [-0.2, -0.15) is 0 Å². The zero-order valence-corrected chi connectivity index (χ0v) is 14.4. The summed E-state index contributed by atoms with van der Waals surface area (Å²) in [4.78, 5) is 23.6. The number of carbonyl (C=O) groups is 2. The van der Waals surface area contributed by atoms with Gasteiger partial charge in [0.25, 0.3) is 5.91 Å². The Labute approximate surface area is 150 Å². The van der Waals surface area contributed by atoms with Gasteiger partial charge in [0, 0.05) is 10.6 Å². The van der Waals surface area contributed by atoms with E-state index in [1.165, 1.54) is 7.11 Å². The Morgan fingerprint density at radius 2 is 1.80 bits per heavy atom. The monoisotopic (exact) mass is 363 g/mol. The molecule has 7 heteroatoms. The Kier molecular flexibility index (Phi) is 7.10. The second-order valence-corrected chi connectivity index (χ2v) is 5.38. The van der Waals surface area contributed by atoms with Gasteiger partial charge >= 0.3 is 5.97 Å². The summed E-state index contributed by atoms with van der Waals surface area (Å²) in [6.07, 6.45) is 0. The number of esters is 1. The summed E-state index contributed by atoms with van der Waals surface area (Å²) < 4.78 is 15.4. The van der Waals surface area contributed by atoms with E-state index >= 15 is 0 Å². The van der Waals surface area contributed by atoms with E-state index in [0.717, 1.165) is 0 Å². The van der Waals surface area contributed by atoms with Crippen LogP contribution in [0, 0.1) is 0 Å². The fourth-order valence-electron chi connectivity index (χ4n) is 1.94. The van der Waals surface area contributed by atoms with Gasteiger partial charge in [-0.25, -0.2) is 0 Å². The molecule has 2 aromatic rings. The molecule has 0 atom stereocenters. The lowest BCUT2D eigenvalue weighted by molar-refractivity contribution is -0.143. The summed E-state index contributed by atoms with van der Waals surface area (Å²) in [7, 11) is 1.51. The van der Waals surface area contributed by atoms with Crippen LogP contribution in [0.5, 0.6) is 11.5 Å². The number of methoxy groups -OCH3 is 1. The number of amides is 1. The molecule has 0 heterocycles. The third-order valence-electron chi connectivity index (χ3n) is 3.14. The average molecular weight is 364 g/mol. The topological polar surface area (TPSA) is 73.9 Å². The first-order chi connectivity index (χ1) is 12.1. The molecule has 6 nitrogen and oxygen atoms in total. The Morgan fingerprint density at radius 1 is 1.04 bits per heavy atom. The van der Waals surface area contributed by atoms with Crippen LogP contribution in [0.2, 0.25) is 5.02 Å². The Hall–Kier alpha value is -2.73. The van der Waals surface area contributed by atoms with Crippen LogP contribution in [0.25, 0.3) is 0 Å². The minimum absolute atomic E-state index is 0.0698. The van der Waals surface area contributed by atoms with Crippen molar-refractivity contribution in [3.05, 3.63) is 59.1 Å². The molecule has 132 valence electrons. The lowest BCUT2D eigenvalue weighted by atomic mass is 10.2. The molecular weight excluding hydrogens is 346 g/mol. The summed E-state index contributed by atoms with van der Waals surface area (Å²) in [5.74, 6) is 0.222. The maximum Gasteiger partial charge on any atom is 0.325 e. The van der Waals surface area contributed by atoms with Crippen molar-refractivity contribution in [3.8, 4) is 11.5 Å². The van der Waals surface area contributed by atoms with E-state index in [-0.39, 0.29) is 25.7 Å². The van der Waals surface area contributed by atoms with Gasteiger partial charge in [0.05, 0.1) is 7.11 Å². The maximum absolute atomic E-state index is 12.0. The Balaban J connectivity index is 1.67. The highest BCUT2D eigenvalue weighted by Crippen LogP contribution is 2.16. The van der Waals surface area contributed by atoms with E-state index in [0.29, 0.717) is 22.1 Å². The molecule has 0 saturated carbocycles. The van der Waals surface area contributed by atoms with Gasteiger partial charge in [0.1, 0.15) is 31.3 Å². The summed E-state index contributed by atoms with van der Waals surface area (Å²) >= 11 is 5.84. The highest BCUT2D eigenvalue weighted by atomic mass is 35.5. The number of nitrogens with one attached hydrogen (secondary N) is 1. The predicted molar refractivity (Wildman–Crippen MR) is 93.2 cm³/mol. The number of benzene rings is 2. The molecule has 0 radical (unpaired) electrons. The molecule has 0 saturated heterocycles. The van der Waals surface area contributed by atoms with Gasteiger partial charge in [-0.1, -0.05) is 23.7 Å². The molecule has 0 aliphatic carbocycles. The zero-order valence-electron chi connectivity index (χ0n) is 13.7. The smallest absolute Gasteiger partial charge is 0.325 e. The molecule has 0 unspecified atom stereocenters. The molecule has 1 amide bonds. The average Bonchev–Trinajstić information content (AvgIpc) is 2.63. The van der Waals surface area contributed by atoms with Crippen molar-refractivity contribution < 1.29 is 23.8 Å². The highest BCUT2D eigenvalue weighted by Gasteiger charge is 2.09. The second kappa shape index (κ2) is 9.54. The molecule has 0 aliphatic heterocycles. The molecule has 2 aromatic carbocycles. The van der Waals surface area contributed by atoms with Gasteiger partial charge in [0.2, 0.25) is 0 Å². The van der Waals surface area contributed by atoms with Crippen molar-refractivity contribution in [2.24, 2.45) is 0 Å². The first kappa shape index (κ1) is 18.6. The van der Waals surface area contributed by atoms with Gasteiger partial charge in [-0.15, -0.1) is 0 Å². The van der Waals surface area contributed by atoms with Gasteiger partial charge in [0.15, 0.2) is 0 Å². The molecule has 0 spiro atoms. The number of halogens is 1. The largest absolute Gasteiger partial charge is 0.497 e. The fraction of sp³-hybridized carbons (Fsp3) is 0.222. The summed E-state index contributed by atoms with van der Waals surface area (Å²) in [5, 5.41) is 3.05. The molecule has 0 aromatic heterocycles. The zero-order chi connectivity index (χ0) is 18.1.